The van der Waals surface area contributed by atoms with Gasteiger partial charge < -0.3 is 15.0 Å². The lowest BCUT2D eigenvalue weighted by molar-refractivity contribution is 0.308. The van der Waals surface area contributed by atoms with Gasteiger partial charge in [-0.25, -0.2) is 0 Å². The molecule has 0 atom stereocenters. The molecule has 84 valence electrons. The molecule has 0 saturated carbocycles. The van der Waals surface area contributed by atoms with Gasteiger partial charge in [-0.1, -0.05) is 18.2 Å². The van der Waals surface area contributed by atoms with E-state index in [9.17, 15) is 0 Å². The van der Waals surface area contributed by atoms with Crippen LogP contribution in [-0.4, -0.2) is 45.2 Å². The normalized spacial score (nSPS) is 10.6. The molecule has 0 radical (unpaired) electrons. The van der Waals surface area contributed by atoms with Crippen LogP contribution in [0.4, 0.5) is 0 Å². The van der Waals surface area contributed by atoms with E-state index >= 15 is 0 Å². The molecule has 1 N–H and O–H groups in total. The summed E-state index contributed by atoms with van der Waals surface area (Å²) in [5.41, 5.74) is 0. The molecule has 0 aliphatic carbocycles. The molecule has 0 heterocycles. The molecule has 0 spiro atoms. The van der Waals surface area contributed by atoms with Gasteiger partial charge in [-0.2, -0.15) is 0 Å². The first-order valence-electron chi connectivity index (χ1n) is 5.32. The Balaban J connectivity index is 1.98. The van der Waals surface area contributed by atoms with E-state index in [1.165, 1.54) is 0 Å². The molecule has 0 fully saturated rings. The van der Waals surface area contributed by atoms with E-state index in [1.54, 1.807) is 0 Å². The van der Waals surface area contributed by atoms with Gasteiger partial charge in [-0.05, 0) is 26.2 Å². The number of rotatable bonds is 7. The summed E-state index contributed by atoms with van der Waals surface area (Å²) < 4.78 is 5.54. The molecule has 0 aliphatic rings. The summed E-state index contributed by atoms with van der Waals surface area (Å²) in [5, 5.41) is 3.32. The Morgan fingerprint density at radius 2 is 1.87 bits per heavy atom. The molecule has 0 bridgehead atoms. The van der Waals surface area contributed by atoms with Crippen LogP contribution in [0.15, 0.2) is 30.3 Å². The maximum absolute atomic E-state index is 5.54. The van der Waals surface area contributed by atoms with E-state index in [-0.39, 0.29) is 0 Å². The lowest BCUT2D eigenvalue weighted by Crippen LogP contribution is -2.29. The van der Waals surface area contributed by atoms with Crippen LogP contribution >= 0.6 is 0 Å². The molecule has 0 saturated heterocycles. The Morgan fingerprint density at radius 3 is 2.53 bits per heavy atom. The van der Waals surface area contributed by atoms with Gasteiger partial charge in [-0.15, -0.1) is 0 Å². The van der Waals surface area contributed by atoms with Crippen LogP contribution < -0.4 is 10.1 Å². The Hall–Kier alpha value is -1.06. The fourth-order valence-electron chi connectivity index (χ4n) is 1.19. The second-order valence-corrected chi connectivity index (χ2v) is 3.71. The fraction of sp³-hybridized carbons (Fsp3) is 0.500. The lowest BCUT2D eigenvalue weighted by atomic mass is 10.3. The maximum atomic E-state index is 5.54. The molecule has 15 heavy (non-hydrogen) atoms. The quantitative estimate of drug-likeness (QED) is 0.682. The zero-order chi connectivity index (χ0) is 10.9. The molecule has 0 aliphatic heterocycles. The number of benzene rings is 1. The average molecular weight is 208 g/mol. The van der Waals surface area contributed by atoms with Crippen LogP contribution in [0.3, 0.4) is 0 Å². The number of nitrogens with zero attached hydrogens (tertiary/aromatic N) is 1. The van der Waals surface area contributed by atoms with Crippen LogP contribution in [0.25, 0.3) is 0 Å². The number of likely N-dealkylation sites (N-methyl/N-ethyl adjacent to an activating group) is 1. The maximum Gasteiger partial charge on any atom is 0.119 e. The second-order valence-electron chi connectivity index (χ2n) is 3.71. The highest BCUT2D eigenvalue weighted by atomic mass is 16.5. The number of nitrogens with one attached hydrogen (secondary N) is 1. The molecule has 3 heteroatoms. The fourth-order valence-corrected chi connectivity index (χ4v) is 1.19. The molecule has 0 amide bonds. The third-order valence-corrected chi connectivity index (χ3v) is 2.03. The summed E-state index contributed by atoms with van der Waals surface area (Å²) in [4.78, 5) is 2.16. The minimum absolute atomic E-state index is 0.720. The molecule has 0 unspecified atom stereocenters. The van der Waals surface area contributed by atoms with E-state index in [4.69, 9.17) is 4.74 Å². The van der Waals surface area contributed by atoms with Crippen molar-refractivity contribution >= 4 is 0 Å². The monoisotopic (exact) mass is 208 g/mol. The van der Waals surface area contributed by atoms with Gasteiger partial charge in [0.15, 0.2) is 0 Å². The molecule has 1 aromatic rings. The van der Waals surface area contributed by atoms with Crippen LogP contribution in [-0.2, 0) is 0 Å². The average Bonchev–Trinajstić information content (AvgIpc) is 2.24. The van der Waals surface area contributed by atoms with Crippen molar-refractivity contribution in [2.45, 2.75) is 0 Å². The van der Waals surface area contributed by atoms with Crippen LogP contribution in [0, 0.1) is 0 Å². The SMILES string of the molecule is CN(C)CCNCCOc1ccccc1. The van der Waals surface area contributed by atoms with Crippen molar-refractivity contribution in [3.63, 3.8) is 0 Å². The lowest BCUT2D eigenvalue weighted by Gasteiger charge is -2.10. The Bertz CT molecular complexity index is 249. The summed E-state index contributed by atoms with van der Waals surface area (Å²) in [7, 11) is 4.14. The van der Waals surface area contributed by atoms with Gasteiger partial charge in [0.1, 0.15) is 12.4 Å². The second kappa shape index (κ2) is 7.26. The Kier molecular flexibility index (Phi) is 5.81. The molecular weight excluding hydrogens is 188 g/mol. The highest BCUT2D eigenvalue weighted by Gasteiger charge is 1.92. The topological polar surface area (TPSA) is 24.5 Å². The summed E-state index contributed by atoms with van der Waals surface area (Å²) in [6.07, 6.45) is 0. The molecule has 3 nitrogen and oxygen atoms in total. The minimum Gasteiger partial charge on any atom is -0.492 e. The first-order chi connectivity index (χ1) is 7.29. The molecule has 1 rings (SSSR count). The minimum atomic E-state index is 0.720. The predicted molar refractivity (Wildman–Crippen MR) is 63.4 cm³/mol. The van der Waals surface area contributed by atoms with E-state index in [1.807, 2.05) is 30.3 Å². The van der Waals surface area contributed by atoms with Crippen molar-refractivity contribution in [2.75, 3.05) is 40.3 Å². The summed E-state index contributed by atoms with van der Waals surface area (Å²) in [6, 6.07) is 9.89. The largest absolute Gasteiger partial charge is 0.492 e. The number of hydrogen-bond acceptors (Lipinski definition) is 3. The van der Waals surface area contributed by atoms with E-state index in [2.05, 4.69) is 24.3 Å². The third kappa shape index (κ3) is 6.10. The number of ether oxygens (including phenoxy) is 1. The smallest absolute Gasteiger partial charge is 0.119 e. The molecular formula is C12H20N2O. The zero-order valence-electron chi connectivity index (χ0n) is 9.57. The predicted octanol–water partition coefficient (Wildman–Crippen LogP) is 1.22. The van der Waals surface area contributed by atoms with Gasteiger partial charge >= 0.3 is 0 Å². The highest BCUT2D eigenvalue weighted by Crippen LogP contribution is 2.07. The highest BCUT2D eigenvalue weighted by molar-refractivity contribution is 5.20. The van der Waals surface area contributed by atoms with Crippen molar-refractivity contribution in [3.8, 4) is 5.75 Å². The van der Waals surface area contributed by atoms with Crippen molar-refractivity contribution in [1.82, 2.24) is 10.2 Å². The van der Waals surface area contributed by atoms with Gasteiger partial charge in [-0.3, -0.25) is 0 Å². The van der Waals surface area contributed by atoms with E-state index in [0.29, 0.717) is 0 Å². The molecule has 0 aromatic heterocycles. The standard InChI is InChI=1S/C12H20N2O/c1-14(2)10-8-13-9-11-15-12-6-4-3-5-7-12/h3-7,13H,8-11H2,1-2H3. The van der Waals surface area contributed by atoms with Gasteiger partial charge in [0.25, 0.3) is 0 Å². The van der Waals surface area contributed by atoms with Gasteiger partial charge in [0.05, 0.1) is 0 Å². The van der Waals surface area contributed by atoms with Crippen LogP contribution in [0.1, 0.15) is 0 Å². The van der Waals surface area contributed by atoms with Gasteiger partial charge in [0.2, 0.25) is 0 Å². The Labute approximate surface area is 92.0 Å². The zero-order valence-corrected chi connectivity index (χ0v) is 9.57. The van der Waals surface area contributed by atoms with Crippen molar-refractivity contribution in [1.29, 1.82) is 0 Å². The molecule has 1 aromatic carbocycles. The van der Waals surface area contributed by atoms with E-state index in [0.717, 1.165) is 32.0 Å². The Morgan fingerprint density at radius 1 is 1.13 bits per heavy atom. The van der Waals surface area contributed by atoms with E-state index < -0.39 is 0 Å². The summed E-state index contributed by atoms with van der Waals surface area (Å²) in [6.45, 7) is 3.68. The van der Waals surface area contributed by atoms with Crippen molar-refractivity contribution in [2.24, 2.45) is 0 Å². The summed E-state index contributed by atoms with van der Waals surface area (Å²) in [5.74, 6) is 0.937. The van der Waals surface area contributed by atoms with Crippen molar-refractivity contribution < 1.29 is 4.74 Å². The third-order valence-electron chi connectivity index (χ3n) is 2.03. The number of para-hydroxylation sites is 1. The van der Waals surface area contributed by atoms with Gasteiger partial charge in [0, 0.05) is 19.6 Å². The van der Waals surface area contributed by atoms with Crippen molar-refractivity contribution in [3.05, 3.63) is 30.3 Å². The first kappa shape index (κ1) is 12.0. The summed E-state index contributed by atoms with van der Waals surface area (Å²) >= 11 is 0. The van der Waals surface area contributed by atoms with Crippen LogP contribution in [0.5, 0.6) is 5.75 Å². The van der Waals surface area contributed by atoms with Crippen LogP contribution in [0.2, 0.25) is 0 Å². The first-order valence-corrected chi connectivity index (χ1v) is 5.32. The number of hydrogen-bond donors (Lipinski definition) is 1.